The smallest absolute Gasteiger partial charge is 0.178 e. The second-order valence-corrected chi connectivity index (χ2v) is 5.78. The van der Waals surface area contributed by atoms with Crippen LogP contribution in [0.5, 0.6) is 5.75 Å². The van der Waals surface area contributed by atoms with Crippen molar-refractivity contribution in [2.75, 3.05) is 19.8 Å². The van der Waals surface area contributed by atoms with Crippen LogP contribution in [-0.4, -0.2) is 36.3 Å². The molecule has 122 valence electrons. The van der Waals surface area contributed by atoms with E-state index >= 15 is 0 Å². The van der Waals surface area contributed by atoms with E-state index in [1.165, 1.54) is 26.9 Å². The summed E-state index contributed by atoms with van der Waals surface area (Å²) >= 11 is 0. The quantitative estimate of drug-likeness (QED) is 0.325. The van der Waals surface area contributed by atoms with Crippen LogP contribution in [-0.2, 0) is 4.74 Å². The van der Waals surface area contributed by atoms with Crippen molar-refractivity contribution in [3.8, 4) is 5.75 Å². The van der Waals surface area contributed by atoms with Crippen LogP contribution in [0.25, 0.3) is 32.3 Å². The van der Waals surface area contributed by atoms with Gasteiger partial charge in [-0.05, 0) is 33.7 Å². The van der Waals surface area contributed by atoms with Crippen molar-refractivity contribution in [2.45, 2.75) is 6.29 Å². The number of hydrogen-bond acceptors (Lipinski definition) is 4. The van der Waals surface area contributed by atoms with Crippen molar-refractivity contribution >= 4 is 32.3 Å². The van der Waals surface area contributed by atoms with E-state index in [2.05, 4.69) is 48.5 Å². The first kappa shape index (κ1) is 15.1. The molecule has 4 aromatic rings. The third kappa shape index (κ3) is 2.55. The number of aliphatic hydroxyl groups is 2. The highest BCUT2D eigenvalue weighted by Crippen LogP contribution is 2.38. The van der Waals surface area contributed by atoms with E-state index in [-0.39, 0.29) is 6.61 Å². The van der Waals surface area contributed by atoms with Crippen LogP contribution < -0.4 is 4.74 Å². The summed E-state index contributed by atoms with van der Waals surface area (Å²) < 4.78 is 10.9. The molecule has 0 amide bonds. The molecule has 4 heteroatoms. The summed E-state index contributed by atoms with van der Waals surface area (Å²) in [6.45, 7) is 0.101. The topological polar surface area (TPSA) is 58.9 Å². The molecular formula is C20H18O4. The average Bonchev–Trinajstić information content (AvgIpc) is 2.63. The molecule has 0 aliphatic heterocycles. The van der Waals surface area contributed by atoms with E-state index in [4.69, 9.17) is 14.6 Å². The molecule has 0 spiro atoms. The molecule has 0 bridgehead atoms. The van der Waals surface area contributed by atoms with Gasteiger partial charge in [0.15, 0.2) is 6.29 Å². The van der Waals surface area contributed by atoms with Gasteiger partial charge in [-0.3, -0.25) is 0 Å². The molecule has 0 saturated carbocycles. The maximum Gasteiger partial charge on any atom is 0.178 e. The summed E-state index contributed by atoms with van der Waals surface area (Å²) in [4.78, 5) is 0. The summed E-state index contributed by atoms with van der Waals surface area (Å²) in [7, 11) is 0. The minimum Gasteiger partial charge on any atom is -0.491 e. The molecule has 2 N–H and O–H groups in total. The largest absolute Gasteiger partial charge is 0.491 e. The standard InChI is InChI=1S/C20H18O4/c21-12-18(22)24-11-10-23-17-9-7-15-5-4-13-2-1-3-14-6-8-16(17)20(15)19(13)14/h1-9,18,21-22H,10-12H2. The molecular weight excluding hydrogens is 304 g/mol. The third-order valence-electron chi connectivity index (χ3n) is 4.30. The molecule has 0 saturated heterocycles. The lowest BCUT2D eigenvalue weighted by Crippen LogP contribution is -2.20. The monoisotopic (exact) mass is 322 g/mol. The van der Waals surface area contributed by atoms with Gasteiger partial charge >= 0.3 is 0 Å². The molecule has 1 unspecified atom stereocenters. The second-order valence-electron chi connectivity index (χ2n) is 5.78. The Morgan fingerprint density at radius 3 is 2.21 bits per heavy atom. The van der Waals surface area contributed by atoms with Crippen molar-refractivity contribution in [1.29, 1.82) is 0 Å². The number of hydrogen-bond donors (Lipinski definition) is 2. The van der Waals surface area contributed by atoms with Crippen molar-refractivity contribution in [3.05, 3.63) is 54.6 Å². The Morgan fingerprint density at radius 1 is 0.792 bits per heavy atom. The first-order chi connectivity index (χ1) is 11.8. The van der Waals surface area contributed by atoms with Gasteiger partial charge in [0.05, 0.1) is 13.2 Å². The zero-order valence-electron chi connectivity index (χ0n) is 13.1. The summed E-state index contributed by atoms with van der Waals surface area (Å²) in [5, 5.41) is 25.1. The molecule has 0 aliphatic carbocycles. The molecule has 0 radical (unpaired) electrons. The van der Waals surface area contributed by atoms with Crippen molar-refractivity contribution in [1.82, 2.24) is 0 Å². The van der Waals surface area contributed by atoms with Gasteiger partial charge in [-0.25, -0.2) is 0 Å². The van der Waals surface area contributed by atoms with Crippen LogP contribution in [0.1, 0.15) is 0 Å². The first-order valence-corrected chi connectivity index (χ1v) is 7.98. The molecule has 1 atom stereocenters. The number of benzene rings is 4. The van der Waals surface area contributed by atoms with Crippen LogP contribution in [0.3, 0.4) is 0 Å². The Kier molecular flexibility index (Phi) is 3.94. The zero-order valence-corrected chi connectivity index (χ0v) is 13.1. The molecule has 4 rings (SSSR count). The van der Waals surface area contributed by atoms with Crippen molar-refractivity contribution in [3.63, 3.8) is 0 Å². The molecule has 4 nitrogen and oxygen atoms in total. The Labute approximate surface area is 139 Å². The Hall–Kier alpha value is -2.40. The van der Waals surface area contributed by atoms with E-state index in [1.807, 2.05) is 6.07 Å². The van der Waals surface area contributed by atoms with Crippen molar-refractivity contribution < 1.29 is 19.7 Å². The molecule has 0 fully saturated rings. The lowest BCUT2D eigenvalue weighted by molar-refractivity contribution is -0.128. The zero-order chi connectivity index (χ0) is 16.5. The van der Waals surface area contributed by atoms with E-state index in [0.717, 1.165) is 11.1 Å². The van der Waals surface area contributed by atoms with Gasteiger partial charge in [0.2, 0.25) is 0 Å². The van der Waals surface area contributed by atoms with Gasteiger partial charge in [-0.2, -0.15) is 0 Å². The highest BCUT2D eigenvalue weighted by molar-refractivity contribution is 6.24. The summed E-state index contributed by atoms with van der Waals surface area (Å²) in [6.07, 6.45) is -1.16. The van der Waals surface area contributed by atoms with Crippen LogP contribution in [0, 0.1) is 0 Å². The SMILES string of the molecule is OCC(O)OCCOc1ccc2ccc3cccc4ccc1c2c34. The Bertz CT molecular complexity index is 963. The van der Waals surface area contributed by atoms with Crippen LogP contribution in [0.4, 0.5) is 0 Å². The van der Waals surface area contributed by atoms with E-state index in [9.17, 15) is 5.11 Å². The molecule has 0 aliphatic rings. The molecule has 24 heavy (non-hydrogen) atoms. The van der Waals surface area contributed by atoms with E-state index in [1.54, 1.807) is 0 Å². The fraction of sp³-hybridized carbons (Fsp3) is 0.200. The third-order valence-corrected chi connectivity index (χ3v) is 4.30. The molecule has 4 aromatic carbocycles. The molecule has 0 aromatic heterocycles. The van der Waals surface area contributed by atoms with Crippen LogP contribution in [0.15, 0.2) is 54.6 Å². The van der Waals surface area contributed by atoms with Gasteiger partial charge in [0, 0.05) is 10.8 Å². The highest BCUT2D eigenvalue weighted by Gasteiger charge is 2.11. The average molecular weight is 322 g/mol. The normalized spacial score (nSPS) is 13.1. The Balaban J connectivity index is 1.72. The number of ether oxygens (including phenoxy) is 2. The minimum atomic E-state index is -1.16. The molecule has 0 heterocycles. The van der Waals surface area contributed by atoms with Gasteiger partial charge in [-0.15, -0.1) is 0 Å². The fourth-order valence-electron chi connectivity index (χ4n) is 3.22. The highest BCUT2D eigenvalue weighted by atomic mass is 16.6. The van der Waals surface area contributed by atoms with Gasteiger partial charge in [0.25, 0.3) is 0 Å². The van der Waals surface area contributed by atoms with Gasteiger partial charge in [-0.1, -0.05) is 42.5 Å². The summed E-state index contributed by atoms with van der Waals surface area (Å²) in [6, 6.07) is 18.8. The summed E-state index contributed by atoms with van der Waals surface area (Å²) in [5.41, 5.74) is 0. The number of aliphatic hydroxyl groups excluding tert-OH is 2. The van der Waals surface area contributed by atoms with Crippen molar-refractivity contribution in [2.24, 2.45) is 0 Å². The van der Waals surface area contributed by atoms with Crippen LogP contribution >= 0.6 is 0 Å². The summed E-state index contributed by atoms with van der Waals surface area (Å²) in [5.74, 6) is 0.794. The van der Waals surface area contributed by atoms with Crippen LogP contribution in [0.2, 0.25) is 0 Å². The minimum absolute atomic E-state index is 0.212. The van der Waals surface area contributed by atoms with E-state index < -0.39 is 12.9 Å². The first-order valence-electron chi connectivity index (χ1n) is 7.98. The Morgan fingerprint density at radius 2 is 1.46 bits per heavy atom. The fourth-order valence-corrected chi connectivity index (χ4v) is 3.22. The maximum absolute atomic E-state index is 9.18. The van der Waals surface area contributed by atoms with Gasteiger partial charge in [0.1, 0.15) is 12.4 Å². The van der Waals surface area contributed by atoms with E-state index in [0.29, 0.717) is 6.61 Å². The number of rotatable bonds is 6. The van der Waals surface area contributed by atoms with Gasteiger partial charge < -0.3 is 19.7 Å². The lowest BCUT2D eigenvalue weighted by Gasteiger charge is -2.15. The maximum atomic E-state index is 9.18. The predicted octanol–water partition coefficient (Wildman–Crippen LogP) is 3.29. The predicted molar refractivity (Wildman–Crippen MR) is 94.7 cm³/mol. The lowest BCUT2D eigenvalue weighted by atomic mass is 9.94. The second kappa shape index (κ2) is 6.24.